The Kier molecular flexibility index (Phi) is 6.62. The molecule has 0 bridgehead atoms. The second-order valence-electron chi connectivity index (χ2n) is 10.1. The number of aromatic nitrogens is 3. The molecule has 0 unspecified atom stereocenters. The molecule has 6 rings (SSSR count). The molecule has 4 heterocycles. The van der Waals surface area contributed by atoms with Crippen molar-refractivity contribution in [1.82, 2.24) is 19.9 Å². The van der Waals surface area contributed by atoms with Crippen LogP contribution in [-0.4, -0.2) is 83.7 Å². The first-order valence-corrected chi connectivity index (χ1v) is 13.0. The van der Waals surface area contributed by atoms with Crippen LogP contribution in [-0.2, 0) is 9.53 Å². The molecular formula is C28H30N8O2. The molecule has 38 heavy (non-hydrogen) atoms. The third-order valence-electron chi connectivity index (χ3n) is 7.60. The number of Topliss-reactive ketones (excluding diaryl/α,β-unsaturated/α-hetero) is 1. The molecule has 3 fully saturated rings. The highest BCUT2D eigenvalue weighted by molar-refractivity contribution is 5.89. The van der Waals surface area contributed by atoms with Crippen molar-refractivity contribution in [3.05, 3.63) is 54.4 Å². The quantitative estimate of drug-likeness (QED) is 0.531. The van der Waals surface area contributed by atoms with E-state index in [0.717, 1.165) is 56.3 Å². The molecule has 3 aliphatic rings. The first-order valence-electron chi connectivity index (χ1n) is 13.0. The van der Waals surface area contributed by atoms with E-state index in [1.807, 2.05) is 36.1 Å². The van der Waals surface area contributed by atoms with Gasteiger partial charge in [0.25, 0.3) is 0 Å². The monoisotopic (exact) mass is 510 g/mol. The Balaban J connectivity index is 1.13. The number of nitriles is 1. The Labute approximate surface area is 221 Å². The van der Waals surface area contributed by atoms with Gasteiger partial charge in [0.1, 0.15) is 12.4 Å². The number of rotatable bonds is 6. The van der Waals surface area contributed by atoms with Gasteiger partial charge in [0, 0.05) is 55.6 Å². The maximum Gasteiger partial charge on any atom is 0.230 e. The van der Waals surface area contributed by atoms with Gasteiger partial charge in [-0.05, 0) is 49.4 Å². The zero-order valence-corrected chi connectivity index (χ0v) is 21.4. The van der Waals surface area contributed by atoms with Crippen molar-refractivity contribution in [2.45, 2.75) is 25.4 Å². The van der Waals surface area contributed by atoms with Gasteiger partial charge < -0.3 is 19.9 Å². The predicted molar refractivity (Wildman–Crippen MR) is 145 cm³/mol. The molecule has 1 atom stereocenters. The average molecular weight is 511 g/mol. The van der Waals surface area contributed by atoms with Gasteiger partial charge in [-0.3, -0.25) is 9.69 Å². The summed E-state index contributed by atoms with van der Waals surface area (Å²) in [5, 5.41) is 13.0. The number of anilines is 4. The molecule has 194 valence electrons. The molecule has 0 radical (unpaired) electrons. The SMILES string of the molecule is C[C@H]1CC(=O)CN1c1ccc(-c2ncnc(Nc3ccc(N4CCN(C5COC5)CC4)cc3)n2)cc1C#N. The van der Waals surface area contributed by atoms with E-state index in [9.17, 15) is 10.1 Å². The van der Waals surface area contributed by atoms with Crippen LogP contribution in [0.2, 0.25) is 0 Å². The summed E-state index contributed by atoms with van der Waals surface area (Å²) in [4.78, 5) is 32.0. The van der Waals surface area contributed by atoms with Crippen LogP contribution >= 0.6 is 0 Å². The van der Waals surface area contributed by atoms with Crippen LogP contribution in [0.1, 0.15) is 18.9 Å². The summed E-state index contributed by atoms with van der Waals surface area (Å²) in [6.45, 7) is 8.21. The van der Waals surface area contributed by atoms with Gasteiger partial charge in [0.2, 0.25) is 5.95 Å². The van der Waals surface area contributed by atoms with E-state index in [2.05, 4.69) is 48.3 Å². The number of hydrogen-bond acceptors (Lipinski definition) is 10. The minimum absolute atomic E-state index is 0.0758. The molecule has 10 heteroatoms. The van der Waals surface area contributed by atoms with Gasteiger partial charge in [-0.2, -0.15) is 10.2 Å². The molecule has 3 saturated heterocycles. The number of benzene rings is 2. The Bertz CT molecular complexity index is 1360. The van der Waals surface area contributed by atoms with Crippen molar-refractivity contribution in [2.75, 3.05) is 61.1 Å². The largest absolute Gasteiger partial charge is 0.378 e. The summed E-state index contributed by atoms with van der Waals surface area (Å²) < 4.78 is 5.33. The van der Waals surface area contributed by atoms with Crippen LogP contribution < -0.4 is 15.1 Å². The maximum absolute atomic E-state index is 11.9. The van der Waals surface area contributed by atoms with Gasteiger partial charge in [-0.1, -0.05) is 0 Å². The van der Waals surface area contributed by atoms with Crippen LogP contribution in [0, 0.1) is 11.3 Å². The van der Waals surface area contributed by atoms with Gasteiger partial charge >= 0.3 is 0 Å². The number of nitrogens with zero attached hydrogens (tertiary/aromatic N) is 7. The predicted octanol–water partition coefficient (Wildman–Crippen LogP) is 2.84. The van der Waals surface area contributed by atoms with Crippen LogP contribution in [0.25, 0.3) is 11.4 Å². The van der Waals surface area contributed by atoms with Gasteiger partial charge in [-0.25, -0.2) is 9.97 Å². The first kappa shape index (κ1) is 24.3. The number of carbonyl (C=O) groups excluding carboxylic acids is 1. The molecular weight excluding hydrogens is 480 g/mol. The molecule has 3 aliphatic heterocycles. The smallest absolute Gasteiger partial charge is 0.230 e. The highest BCUT2D eigenvalue weighted by Gasteiger charge is 2.30. The minimum atomic E-state index is 0.0758. The van der Waals surface area contributed by atoms with Gasteiger partial charge in [0.15, 0.2) is 11.6 Å². The molecule has 3 aromatic rings. The standard InChI is InChI=1S/C28H30N8O2/c1-19-12-25(37)15-36(19)26-7-2-20(13-21(26)14-29)27-30-18-31-28(33-27)32-22-3-5-23(6-4-22)34-8-10-35(11-9-34)24-16-38-17-24/h2-7,13,18-19,24H,8-12,15-17H2,1H3,(H,30,31,32,33)/t19-/m0/s1. The maximum atomic E-state index is 11.9. The Morgan fingerprint density at radius 2 is 1.84 bits per heavy atom. The van der Waals surface area contributed by atoms with Crippen molar-refractivity contribution in [2.24, 2.45) is 0 Å². The summed E-state index contributed by atoms with van der Waals surface area (Å²) in [7, 11) is 0. The second-order valence-corrected chi connectivity index (χ2v) is 10.1. The van der Waals surface area contributed by atoms with Crippen molar-refractivity contribution in [3.8, 4) is 17.5 Å². The van der Waals surface area contributed by atoms with Gasteiger partial charge in [-0.15, -0.1) is 0 Å². The van der Waals surface area contributed by atoms with E-state index < -0.39 is 0 Å². The molecule has 0 amide bonds. The van der Waals surface area contributed by atoms with Gasteiger partial charge in [0.05, 0.1) is 37.1 Å². The summed E-state index contributed by atoms with van der Waals surface area (Å²) >= 11 is 0. The number of carbonyl (C=O) groups is 1. The van der Waals surface area contributed by atoms with Crippen molar-refractivity contribution in [1.29, 1.82) is 5.26 Å². The first-order chi connectivity index (χ1) is 18.6. The number of hydrogen-bond donors (Lipinski definition) is 1. The van der Waals surface area contributed by atoms with E-state index in [1.54, 1.807) is 6.07 Å². The summed E-state index contributed by atoms with van der Waals surface area (Å²) in [5.74, 6) is 1.09. The molecule has 2 aromatic carbocycles. The number of ketones is 1. The van der Waals surface area contributed by atoms with Crippen LogP contribution in [0.4, 0.5) is 23.0 Å². The number of piperazine rings is 1. The summed E-state index contributed by atoms with van der Waals surface area (Å²) in [6, 6.07) is 16.8. The summed E-state index contributed by atoms with van der Waals surface area (Å²) in [5.41, 5.74) is 4.07. The lowest BCUT2D eigenvalue weighted by atomic mass is 10.1. The average Bonchev–Trinajstić information content (AvgIpc) is 3.26. The topological polar surface area (TPSA) is 111 Å². The Morgan fingerprint density at radius 3 is 2.50 bits per heavy atom. The third kappa shape index (κ3) is 4.90. The second kappa shape index (κ2) is 10.4. The molecule has 0 saturated carbocycles. The van der Waals surface area contributed by atoms with E-state index in [0.29, 0.717) is 36.3 Å². The third-order valence-corrected chi connectivity index (χ3v) is 7.60. The molecule has 10 nitrogen and oxygen atoms in total. The fourth-order valence-electron chi connectivity index (χ4n) is 5.35. The Hall–Kier alpha value is -4.07. The van der Waals surface area contributed by atoms with Crippen molar-refractivity contribution in [3.63, 3.8) is 0 Å². The molecule has 0 spiro atoms. The zero-order chi connectivity index (χ0) is 26.1. The highest BCUT2D eigenvalue weighted by Crippen LogP contribution is 2.30. The highest BCUT2D eigenvalue weighted by atomic mass is 16.5. The van der Waals surface area contributed by atoms with E-state index in [-0.39, 0.29) is 11.8 Å². The van der Waals surface area contributed by atoms with E-state index in [1.165, 1.54) is 12.0 Å². The minimum Gasteiger partial charge on any atom is -0.378 e. The molecule has 0 aliphatic carbocycles. The lowest BCUT2D eigenvalue weighted by molar-refractivity contribution is -0.116. The number of nitrogens with one attached hydrogen (secondary N) is 1. The Morgan fingerprint density at radius 1 is 1.05 bits per heavy atom. The molecule has 1 N–H and O–H groups in total. The van der Waals surface area contributed by atoms with Crippen molar-refractivity contribution >= 4 is 28.8 Å². The van der Waals surface area contributed by atoms with Crippen LogP contribution in [0.3, 0.4) is 0 Å². The lowest BCUT2D eigenvalue weighted by Crippen LogP contribution is -2.56. The molecule has 1 aromatic heterocycles. The lowest BCUT2D eigenvalue weighted by Gasteiger charge is -2.43. The van der Waals surface area contributed by atoms with Crippen LogP contribution in [0.15, 0.2) is 48.8 Å². The fourth-order valence-corrected chi connectivity index (χ4v) is 5.35. The van der Waals surface area contributed by atoms with Crippen LogP contribution in [0.5, 0.6) is 0 Å². The summed E-state index contributed by atoms with van der Waals surface area (Å²) in [6.07, 6.45) is 1.97. The zero-order valence-electron chi connectivity index (χ0n) is 21.4. The fraction of sp³-hybridized carbons (Fsp3) is 0.393. The number of ether oxygens (including phenoxy) is 1. The van der Waals surface area contributed by atoms with Crippen molar-refractivity contribution < 1.29 is 9.53 Å². The normalized spacial score (nSPS) is 20.3. The van der Waals surface area contributed by atoms with E-state index in [4.69, 9.17) is 4.74 Å². The van der Waals surface area contributed by atoms with E-state index >= 15 is 0 Å².